The molecular formula is C17H13N3O2S. The van der Waals surface area contributed by atoms with Gasteiger partial charge in [0.1, 0.15) is 16.6 Å². The van der Waals surface area contributed by atoms with Gasteiger partial charge >= 0.3 is 0 Å². The molecule has 1 N–H and O–H groups in total. The average molecular weight is 323 g/mol. The quantitative estimate of drug-likeness (QED) is 0.597. The molecule has 2 aromatic carbocycles. The van der Waals surface area contributed by atoms with Crippen molar-refractivity contribution in [3.8, 4) is 0 Å². The number of nitrogens with one attached hydrogen (secondary N) is 1. The lowest BCUT2D eigenvalue weighted by atomic mass is 10.1. The predicted molar refractivity (Wildman–Crippen MR) is 91.1 cm³/mol. The summed E-state index contributed by atoms with van der Waals surface area (Å²) in [6.07, 6.45) is 0. The van der Waals surface area contributed by atoms with Gasteiger partial charge in [-0.15, -0.1) is 0 Å². The maximum absolute atomic E-state index is 12.5. The fourth-order valence-electron chi connectivity index (χ4n) is 2.60. The molecule has 0 aliphatic rings. The van der Waals surface area contributed by atoms with E-state index in [0.717, 1.165) is 44.9 Å². The van der Waals surface area contributed by atoms with Gasteiger partial charge in [-0.2, -0.15) is 8.75 Å². The van der Waals surface area contributed by atoms with Gasteiger partial charge in [-0.05, 0) is 44.2 Å². The molecule has 6 heteroatoms. The number of rotatable bonds is 2. The highest BCUT2D eigenvalue weighted by Crippen LogP contribution is 2.27. The minimum absolute atomic E-state index is 0.265. The van der Waals surface area contributed by atoms with Crippen molar-refractivity contribution in [2.75, 3.05) is 5.32 Å². The summed E-state index contributed by atoms with van der Waals surface area (Å²) in [6.45, 7) is 3.91. The minimum Gasteiger partial charge on any atom is -0.451 e. The number of furan rings is 1. The van der Waals surface area contributed by atoms with E-state index in [1.165, 1.54) is 0 Å². The fourth-order valence-corrected chi connectivity index (χ4v) is 3.12. The lowest BCUT2D eigenvalue weighted by Gasteiger charge is -2.03. The van der Waals surface area contributed by atoms with Crippen LogP contribution in [0.4, 0.5) is 5.69 Å². The second-order valence-corrected chi connectivity index (χ2v) is 6.01. The van der Waals surface area contributed by atoms with Gasteiger partial charge in [0.05, 0.1) is 11.7 Å². The second kappa shape index (κ2) is 5.17. The van der Waals surface area contributed by atoms with Crippen LogP contribution in [0.5, 0.6) is 0 Å². The van der Waals surface area contributed by atoms with Crippen molar-refractivity contribution in [1.82, 2.24) is 8.75 Å². The first-order chi connectivity index (χ1) is 11.1. The molecular weight excluding hydrogens is 310 g/mol. The van der Waals surface area contributed by atoms with E-state index in [-0.39, 0.29) is 5.91 Å². The van der Waals surface area contributed by atoms with Crippen LogP contribution in [-0.4, -0.2) is 14.7 Å². The van der Waals surface area contributed by atoms with Crippen molar-refractivity contribution in [2.45, 2.75) is 13.8 Å². The lowest BCUT2D eigenvalue weighted by molar-refractivity contribution is 0.0998. The van der Waals surface area contributed by atoms with E-state index in [1.54, 1.807) is 6.07 Å². The Morgan fingerprint density at radius 2 is 1.91 bits per heavy atom. The summed E-state index contributed by atoms with van der Waals surface area (Å²) in [5, 5.41) is 3.83. The zero-order valence-corrected chi connectivity index (χ0v) is 13.4. The number of fused-ring (bicyclic) bond motifs is 2. The first-order valence-corrected chi connectivity index (χ1v) is 7.88. The third kappa shape index (κ3) is 2.37. The molecule has 5 nitrogen and oxygen atoms in total. The number of amides is 1. The summed E-state index contributed by atoms with van der Waals surface area (Å²) >= 11 is 1.15. The number of carbonyl (C=O) groups excluding carboxylic acids is 1. The molecule has 0 fully saturated rings. The van der Waals surface area contributed by atoms with E-state index in [1.807, 2.05) is 44.2 Å². The Labute approximate surface area is 136 Å². The summed E-state index contributed by atoms with van der Waals surface area (Å²) in [5.41, 5.74) is 4.96. The maximum atomic E-state index is 12.5. The largest absolute Gasteiger partial charge is 0.451 e. The Kier molecular flexibility index (Phi) is 3.12. The maximum Gasteiger partial charge on any atom is 0.291 e. The fraction of sp³-hybridized carbons (Fsp3) is 0.118. The van der Waals surface area contributed by atoms with Crippen LogP contribution in [-0.2, 0) is 0 Å². The first-order valence-electron chi connectivity index (χ1n) is 7.15. The van der Waals surface area contributed by atoms with Crippen LogP contribution < -0.4 is 5.32 Å². The Hall–Kier alpha value is -2.73. The predicted octanol–water partition coefficient (Wildman–Crippen LogP) is 4.31. The molecule has 0 saturated carbocycles. The van der Waals surface area contributed by atoms with E-state index in [4.69, 9.17) is 4.42 Å². The molecule has 0 aliphatic carbocycles. The number of benzene rings is 2. The van der Waals surface area contributed by atoms with Crippen LogP contribution in [0.3, 0.4) is 0 Å². The molecule has 0 unspecified atom stereocenters. The smallest absolute Gasteiger partial charge is 0.291 e. The first kappa shape index (κ1) is 13.9. The molecule has 0 radical (unpaired) electrons. The topological polar surface area (TPSA) is 68.0 Å². The van der Waals surface area contributed by atoms with E-state index in [0.29, 0.717) is 11.4 Å². The Morgan fingerprint density at radius 1 is 1.09 bits per heavy atom. The molecule has 0 saturated heterocycles. The van der Waals surface area contributed by atoms with Gasteiger partial charge in [0, 0.05) is 16.6 Å². The number of anilines is 1. The number of nitrogens with zero attached hydrogens (tertiary/aromatic N) is 2. The molecule has 4 aromatic rings. The van der Waals surface area contributed by atoms with Crippen molar-refractivity contribution < 1.29 is 9.21 Å². The summed E-state index contributed by atoms with van der Waals surface area (Å²) < 4.78 is 14.0. The van der Waals surface area contributed by atoms with Crippen LogP contribution >= 0.6 is 11.7 Å². The Bertz CT molecular complexity index is 1050. The van der Waals surface area contributed by atoms with Crippen LogP contribution in [0.15, 0.2) is 40.8 Å². The molecule has 4 rings (SSSR count). The number of aromatic nitrogens is 2. The van der Waals surface area contributed by atoms with Crippen molar-refractivity contribution in [2.24, 2.45) is 0 Å². The summed E-state index contributed by atoms with van der Waals surface area (Å²) in [6, 6.07) is 11.3. The van der Waals surface area contributed by atoms with E-state index in [2.05, 4.69) is 14.1 Å². The van der Waals surface area contributed by atoms with E-state index >= 15 is 0 Å². The van der Waals surface area contributed by atoms with Crippen molar-refractivity contribution in [3.05, 3.63) is 53.3 Å². The zero-order valence-electron chi connectivity index (χ0n) is 12.6. The van der Waals surface area contributed by atoms with Crippen LogP contribution in [0.1, 0.15) is 21.7 Å². The summed E-state index contributed by atoms with van der Waals surface area (Å²) in [7, 11) is 0. The van der Waals surface area contributed by atoms with Gasteiger partial charge in [-0.25, -0.2) is 0 Å². The molecule has 0 spiro atoms. The normalized spacial score (nSPS) is 11.2. The molecule has 0 bridgehead atoms. The molecule has 1 amide bonds. The number of carbonyl (C=O) groups is 1. The van der Waals surface area contributed by atoms with E-state index < -0.39 is 0 Å². The van der Waals surface area contributed by atoms with Crippen molar-refractivity contribution >= 4 is 45.3 Å². The minimum atomic E-state index is -0.265. The van der Waals surface area contributed by atoms with Gasteiger partial charge in [0.15, 0.2) is 5.76 Å². The van der Waals surface area contributed by atoms with Gasteiger partial charge in [0.2, 0.25) is 0 Å². The van der Waals surface area contributed by atoms with Crippen LogP contribution in [0, 0.1) is 13.8 Å². The van der Waals surface area contributed by atoms with Crippen LogP contribution in [0.25, 0.3) is 22.0 Å². The number of hydrogen-bond donors (Lipinski definition) is 1. The molecule has 23 heavy (non-hydrogen) atoms. The Morgan fingerprint density at radius 3 is 2.78 bits per heavy atom. The number of hydrogen-bond acceptors (Lipinski definition) is 5. The van der Waals surface area contributed by atoms with Gasteiger partial charge in [-0.3, -0.25) is 4.79 Å². The summed E-state index contributed by atoms with van der Waals surface area (Å²) in [4.78, 5) is 12.5. The molecule has 2 heterocycles. The highest BCUT2D eigenvalue weighted by Gasteiger charge is 2.18. The highest BCUT2D eigenvalue weighted by atomic mass is 32.1. The SMILES string of the molecule is Cc1ccc2oc(C(=O)Nc3ccc4nsnc4c3)c(C)c2c1. The van der Waals surface area contributed by atoms with E-state index in [9.17, 15) is 4.79 Å². The molecule has 0 aliphatic heterocycles. The lowest BCUT2D eigenvalue weighted by Crippen LogP contribution is -2.12. The van der Waals surface area contributed by atoms with Crippen molar-refractivity contribution in [1.29, 1.82) is 0 Å². The standard InChI is InChI=1S/C17H13N3O2S/c1-9-3-6-15-12(7-9)10(2)16(22-15)17(21)18-11-4-5-13-14(8-11)20-23-19-13/h3-8H,1-2H3,(H,18,21). The monoisotopic (exact) mass is 323 g/mol. The second-order valence-electron chi connectivity index (χ2n) is 5.48. The summed E-state index contributed by atoms with van der Waals surface area (Å²) in [5.74, 6) is 0.0704. The zero-order chi connectivity index (χ0) is 16.0. The third-order valence-corrected chi connectivity index (χ3v) is 4.37. The average Bonchev–Trinajstić information content (AvgIpc) is 3.12. The third-order valence-electron chi connectivity index (χ3n) is 3.81. The molecule has 114 valence electrons. The molecule has 0 atom stereocenters. The molecule has 2 aromatic heterocycles. The number of aryl methyl sites for hydroxylation is 2. The van der Waals surface area contributed by atoms with Crippen molar-refractivity contribution in [3.63, 3.8) is 0 Å². The van der Waals surface area contributed by atoms with Gasteiger partial charge in [0.25, 0.3) is 5.91 Å². The van der Waals surface area contributed by atoms with Crippen LogP contribution in [0.2, 0.25) is 0 Å². The van der Waals surface area contributed by atoms with Gasteiger partial charge in [-0.1, -0.05) is 11.6 Å². The Balaban J connectivity index is 1.69. The van der Waals surface area contributed by atoms with Gasteiger partial charge < -0.3 is 9.73 Å². The highest BCUT2D eigenvalue weighted by molar-refractivity contribution is 7.00.